The third kappa shape index (κ3) is 6.18. The number of carbonyl (C=O) groups excluding carboxylic acids is 3. The van der Waals surface area contributed by atoms with Crippen LogP contribution in [0.25, 0.3) is 0 Å². The molecule has 0 spiro atoms. The molecule has 8 nitrogen and oxygen atoms in total. The Hall–Kier alpha value is -4.85. The predicted molar refractivity (Wildman–Crippen MR) is 161 cm³/mol. The van der Waals surface area contributed by atoms with Gasteiger partial charge in [0.15, 0.2) is 17.3 Å². The normalized spacial score (nSPS) is 18.0. The minimum absolute atomic E-state index is 0.0577. The van der Waals surface area contributed by atoms with E-state index in [1.54, 1.807) is 38.5 Å². The second-order valence-corrected chi connectivity index (χ2v) is 10.6. The first-order valence-corrected chi connectivity index (χ1v) is 14.2. The highest BCUT2D eigenvalue weighted by molar-refractivity contribution is 6.04. The summed E-state index contributed by atoms with van der Waals surface area (Å²) in [5.41, 5.74) is 5.46. The molecule has 0 radical (unpaired) electrons. The van der Waals surface area contributed by atoms with Crippen LogP contribution in [0.5, 0.6) is 11.5 Å². The minimum atomic E-state index is -0.647. The monoisotopic (exact) mass is 581 g/mol. The van der Waals surface area contributed by atoms with E-state index in [1.807, 2.05) is 55.5 Å². The van der Waals surface area contributed by atoms with Gasteiger partial charge < -0.3 is 24.3 Å². The molecule has 43 heavy (non-hydrogen) atoms. The van der Waals surface area contributed by atoms with Gasteiger partial charge in [-0.25, -0.2) is 9.59 Å². The van der Waals surface area contributed by atoms with Crippen molar-refractivity contribution in [3.63, 3.8) is 0 Å². The fraction of sp³-hybridized carbons (Fsp3) is 0.286. The molecule has 222 valence electrons. The van der Waals surface area contributed by atoms with E-state index in [4.69, 9.17) is 18.9 Å². The van der Waals surface area contributed by atoms with Gasteiger partial charge >= 0.3 is 11.9 Å². The third-order valence-corrected chi connectivity index (χ3v) is 8.06. The number of methoxy groups -OCH3 is 3. The standard InChI is InChI=1S/C35H35NO7/c1-21-31(35(39)43-17-16-22-8-6-5-7-9-22)32(23-10-12-24(13-11-23)34(38)42-4)33-27(36-21)18-26(19-28(33)37)25-14-15-29(40-2)30(20-25)41-3/h5-15,20,26,32,36H,16-19H2,1-4H3/t26-,32-/m0/s1. The molecule has 0 fully saturated rings. The SMILES string of the molecule is COC(=O)c1ccc([C@H]2C(C(=O)OCCc3ccccc3)=C(C)NC3=C2C(=O)C[C@@H](c2ccc(OC)c(OC)c2)C3)cc1. The van der Waals surface area contributed by atoms with Crippen LogP contribution in [-0.4, -0.2) is 45.7 Å². The molecule has 5 rings (SSSR count). The molecule has 1 heterocycles. The first kappa shape index (κ1) is 29.6. The molecule has 2 atom stereocenters. The van der Waals surface area contributed by atoms with E-state index in [1.165, 1.54) is 7.11 Å². The number of Topliss-reactive ketones (excluding diaryl/α,β-unsaturated/α-hetero) is 1. The van der Waals surface area contributed by atoms with Gasteiger partial charge in [0.05, 0.1) is 39.1 Å². The quantitative estimate of drug-likeness (QED) is 0.324. The van der Waals surface area contributed by atoms with Crippen molar-refractivity contribution in [2.45, 2.75) is 38.0 Å². The average molecular weight is 582 g/mol. The molecular formula is C35H35NO7. The fourth-order valence-corrected chi connectivity index (χ4v) is 5.90. The number of nitrogens with one attached hydrogen (secondary N) is 1. The molecule has 0 unspecified atom stereocenters. The summed E-state index contributed by atoms with van der Waals surface area (Å²) in [4.78, 5) is 39.7. The van der Waals surface area contributed by atoms with Gasteiger partial charge in [0.25, 0.3) is 0 Å². The van der Waals surface area contributed by atoms with Crippen molar-refractivity contribution >= 4 is 17.7 Å². The fourth-order valence-electron chi connectivity index (χ4n) is 5.90. The maximum atomic E-state index is 14.0. The Morgan fingerprint density at radius 1 is 0.837 bits per heavy atom. The molecule has 0 bridgehead atoms. The Morgan fingerprint density at radius 3 is 2.21 bits per heavy atom. The number of rotatable bonds is 9. The summed E-state index contributed by atoms with van der Waals surface area (Å²) in [5, 5.41) is 3.38. The van der Waals surface area contributed by atoms with Gasteiger partial charge in [-0.05, 0) is 60.2 Å². The second kappa shape index (κ2) is 13.0. The summed E-state index contributed by atoms with van der Waals surface area (Å²) < 4.78 is 21.5. The number of ether oxygens (including phenoxy) is 4. The first-order valence-electron chi connectivity index (χ1n) is 14.2. The maximum Gasteiger partial charge on any atom is 0.337 e. The smallest absolute Gasteiger partial charge is 0.337 e. The molecule has 0 saturated carbocycles. The van der Waals surface area contributed by atoms with Crippen molar-refractivity contribution < 1.29 is 33.3 Å². The second-order valence-electron chi connectivity index (χ2n) is 10.6. The lowest BCUT2D eigenvalue weighted by Gasteiger charge is -2.36. The molecule has 8 heteroatoms. The first-order chi connectivity index (χ1) is 20.8. The Bertz CT molecular complexity index is 1590. The molecule has 1 N–H and O–H groups in total. The van der Waals surface area contributed by atoms with Crippen LogP contribution >= 0.6 is 0 Å². The summed E-state index contributed by atoms with van der Waals surface area (Å²) >= 11 is 0. The van der Waals surface area contributed by atoms with Gasteiger partial charge in [-0.3, -0.25) is 4.79 Å². The van der Waals surface area contributed by atoms with E-state index in [9.17, 15) is 14.4 Å². The average Bonchev–Trinajstić information content (AvgIpc) is 3.03. The molecule has 3 aromatic carbocycles. The largest absolute Gasteiger partial charge is 0.493 e. The van der Waals surface area contributed by atoms with Gasteiger partial charge in [-0.15, -0.1) is 0 Å². The summed E-state index contributed by atoms with van der Waals surface area (Å²) in [6, 6.07) is 22.3. The highest BCUT2D eigenvalue weighted by Crippen LogP contribution is 2.46. The van der Waals surface area contributed by atoms with Crippen molar-refractivity contribution in [3.05, 3.63) is 118 Å². The Balaban J connectivity index is 1.48. The predicted octanol–water partition coefficient (Wildman–Crippen LogP) is 5.64. The Kier molecular flexibility index (Phi) is 8.95. The number of carbonyl (C=O) groups is 3. The van der Waals surface area contributed by atoms with Crippen LogP contribution in [0.15, 0.2) is 95.3 Å². The topological polar surface area (TPSA) is 100 Å². The van der Waals surface area contributed by atoms with E-state index in [0.717, 1.165) is 16.8 Å². The number of allylic oxidation sites excluding steroid dienone is 3. The molecule has 1 aliphatic carbocycles. The summed E-state index contributed by atoms with van der Waals surface area (Å²) in [7, 11) is 4.49. The maximum absolute atomic E-state index is 14.0. The molecule has 2 aliphatic rings. The number of hydrogen-bond acceptors (Lipinski definition) is 8. The zero-order chi connectivity index (χ0) is 30.5. The zero-order valence-electron chi connectivity index (χ0n) is 24.8. The lowest BCUT2D eigenvalue weighted by molar-refractivity contribution is -0.139. The van der Waals surface area contributed by atoms with Crippen LogP contribution in [0.3, 0.4) is 0 Å². The lowest BCUT2D eigenvalue weighted by atomic mass is 9.71. The number of benzene rings is 3. The molecule has 0 aromatic heterocycles. The third-order valence-electron chi connectivity index (χ3n) is 8.06. The summed E-state index contributed by atoms with van der Waals surface area (Å²) in [6.07, 6.45) is 1.41. The zero-order valence-corrected chi connectivity index (χ0v) is 24.8. The van der Waals surface area contributed by atoms with Gasteiger partial charge in [0, 0.05) is 35.7 Å². The van der Waals surface area contributed by atoms with Crippen LogP contribution in [0, 0.1) is 0 Å². The van der Waals surface area contributed by atoms with Gasteiger partial charge in [-0.1, -0.05) is 48.5 Å². The summed E-state index contributed by atoms with van der Waals surface area (Å²) in [6.45, 7) is 2.03. The van der Waals surface area contributed by atoms with Crippen LogP contribution in [0.4, 0.5) is 0 Å². The van der Waals surface area contributed by atoms with Crippen molar-refractivity contribution in [1.82, 2.24) is 5.32 Å². The van der Waals surface area contributed by atoms with E-state index in [-0.39, 0.29) is 24.7 Å². The Morgan fingerprint density at radius 2 is 1.53 bits per heavy atom. The summed E-state index contributed by atoms with van der Waals surface area (Å²) in [5.74, 6) is -0.519. The minimum Gasteiger partial charge on any atom is -0.493 e. The van der Waals surface area contributed by atoms with Crippen molar-refractivity contribution in [3.8, 4) is 11.5 Å². The molecule has 0 amide bonds. The molecular weight excluding hydrogens is 546 g/mol. The van der Waals surface area contributed by atoms with E-state index >= 15 is 0 Å². The molecule has 1 aliphatic heterocycles. The lowest BCUT2D eigenvalue weighted by Crippen LogP contribution is -2.36. The highest BCUT2D eigenvalue weighted by atomic mass is 16.5. The van der Waals surface area contributed by atoms with E-state index in [0.29, 0.717) is 52.3 Å². The highest BCUT2D eigenvalue weighted by Gasteiger charge is 2.41. The van der Waals surface area contributed by atoms with Crippen LogP contribution in [0.1, 0.15) is 58.6 Å². The number of esters is 2. The van der Waals surface area contributed by atoms with Gasteiger partial charge in [0.2, 0.25) is 0 Å². The van der Waals surface area contributed by atoms with Crippen molar-refractivity contribution in [1.29, 1.82) is 0 Å². The molecule has 3 aromatic rings. The number of ketones is 1. The van der Waals surface area contributed by atoms with E-state index in [2.05, 4.69) is 5.32 Å². The van der Waals surface area contributed by atoms with Crippen LogP contribution in [0.2, 0.25) is 0 Å². The number of dihydropyridines is 1. The number of hydrogen-bond donors (Lipinski definition) is 1. The van der Waals surface area contributed by atoms with Crippen molar-refractivity contribution in [2.24, 2.45) is 0 Å². The van der Waals surface area contributed by atoms with Gasteiger partial charge in [0.1, 0.15) is 0 Å². The van der Waals surface area contributed by atoms with Crippen molar-refractivity contribution in [2.75, 3.05) is 27.9 Å². The molecule has 0 saturated heterocycles. The van der Waals surface area contributed by atoms with Crippen LogP contribution < -0.4 is 14.8 Å². The van der Waals surface area contributed by atoms with Gasteiger partial charge in [-0.2, -0.15) is 0 Å². The Labute approximate surface area is 251 Å². The van der Waals surface area contributed by atoms with E-state index < -0.39 is 17.9 Å². The van der Waals surface area contributed by atoms with Crippen LogP contribution in [-0.2, 0) is 25.5 Å².